The van der Waals surface area contributed by atoms with Crippen molar-refractivity contribution in [3.8, 4) is 0 Å². The maximum absolute atomic E-state index is 6.07. The predicted octanol–water partition coefficient (Wildman–Crippen LogP) is 2.38. The molecule has 104 valence electrons. The first-order valence-corrected chi connectivity index (χ1v) is 7.34. The van der Waals surface area contributed by atoms with Crippen molar-refractivity contribution in [2.24, 2.45) is 0 Å². The molecule has 0 spiro atoms. The van der Waals surface area contributed by atoms with Gasteiger partial charge in [0.2, 0.25) is 0 Å². The first-order chi connectivity index (χ1) is 8.86. The Bertz CT molecular complexity index is 441. The Morgan fingerprint density at radius 2 is 2.00 bits per heavy atom. The molecule has 1 saturated heterocycles. The van der Waals surface area contributed by atoms with Crippen molar-refractivity contribution in [3.63, 3.8) is 0 Å². The van der Waals surface area contributed by atoms with Crippen molar-refractivity contribution >= 4 is 24.5 Å². The molecule has 0 unspecified atom stereocenters. The molecule has 0 saturated carbocycles. The Kier molecular flexibility index (Phi) is 4.15. The van der Waals surface area contributed by atoms with E-state index in [-0.39, 0.29) is 18.3 Å². The van der Waals surface area contributed by atoms with E-state index < -0.39 is 0 Å². The van der Waals surface area contributed by atoms with E-state index >= 15 is 0 Å². The number of nitrogens with one attached hydrogen (secondary N) is 1. The van der Waals surface area contributed by atoms with Crippen LogP contribution in [0.15, 0.2) is 17.0 Å². The lowest BCUT2D eigenvalue weighted by molar-refractivity contribution is 0.00578. The largest absolute Gasteiger partial charge is 0.491 e. The van der Waals surface area contributed by atoms with Crippen molar-refractivity contribution in [2.45, 2.75) is 38.9 Å². The van der Waals surface area contributed by atoms with Crippen molar-refractivity contribution in [3.05, 3.63) is 22.1 Å². The molecule has 1 aromatic heterocycles. The van der Waals surface area contributed by atoms with Crippen LogP contribution in [0.2, 0.25) is 0 Å². The van der Waals surface area contributed by atoms with Crippen LogP contribution in [0.5, 0.6) is 0 Å². The van der Waals surface area contributed by atoms with Gasteiger partial charge in [0.05, 0.1) is 11.2 Å². The standard InChI is InChI=1S/C13H21BN2O2S/c1-12(2)13(3,4)18-14(17-12)10(9-15-5)8-11-16-6-7-19-11/h6-8,15H,9H2,1-5H3. The summed E-state index contributed by atoms with van der Waals surface area (Å²) in [7, 11) is 1.60. The Morgan fingerprint density at radius 3 is 2.47 bits per heavy atom. The highest BCUT2D eigenvalue weighted by atomic mass is 32.1. The molecule has 4 nitrogen and oxygen atoms in total. The van der Waals surface area contributed by atoms with Gasteiger partial charge in [0.25, 0.3) is 0 Å². The Balaban J connectivity index is 2.23. The average Bonchev–Trinajstić information content (AvgIpc) is 2.85. The lowest BCUT2D eigenvalue weighted by Gasteiger charge is -2.32. The van der Waals surface area contributed by atoms with Gasteiger partial charge in [-0.2, -0.15) is 0 Å². The Morgan fingerprint density at radius 1 is 1.37 bits per heavy atom. The molecule has 0 aromatic carbocycles. The molecule has 1 N–H and O–H groups in total. The minimum atomic E-state index is -0.318. The number of rotatable bonds is 4. The van der Waals surface area contributed by atoms with E-state index in [1.165, 1.54) is 0 Å². The van der Waals surface area contributed by atoms with E-state index in [4.69, 9.17) is 9.31 Å². The third-order valence-electron chi connectivity index (χ3n) is 3.70. The van der Waals surface area contributed by atoms with Gasteiger partial charge in [-0.25, -0.2) is 4.98 Å². The SMILES string of the molecule is CNCC(=Cc1nccs1)B1OC(C)(C)C(C)(C)O1. The maximum Gasteiger partial charge on any atom is 0.491 e. The van der Waals surface area contributed by atoms with Crippen LogP contribution in [0.1, 0.15) is 32.7 Å². The smallest absolute Gasteiger partial charge is 0.400 e. The zero-order chi connectivity index (χ0) is 14.1. The fourth-order valence-electron chi connectivity index (χ4n) is 1.87. The molecule has 1 aromatic rings. The van der Waals surface area contributed by atoms with E-state index in [1.807, 2.05) is 18.5 Å². The molecule has 19 heavy (non-hydrogen) atoms. The molecule has 1 aliphatic heterocycles. The summed E-state index contributed by atoms with van der Waals surface area (Å²) in [6, 6.07) is 0. The van der Waals surface area contributed by atoms with E-state index in [0.29, 0.717) is 0 Å². The summed E-state index contributed by atoms with van der Waals surface area (Å²) in [5.74, 6) is 0. The highest BCUT2D eigenvalue weighted by Gasteiger charge is 2.52. The number of hydrogen-bond donors (Lipinski definition) is 1. The summed E-state index contributed by atoms with van der Waals surface area (Å²) in [4.78, 5) is 4.29. The van der Waals surface area contributed by atoms with Crippen LogP contribution in [0.4, 0.5) is 0 Å². The second-order valence-corrected chi connectivity index (χ2v) is 6.63. The summed E-state index contributed by atoms with van der Waals surface area (Å²) in [6.45, 7) is 8.97. The van der Waals surface area contributed by atoms with Gasteiger partial charge >= 0.3 is 7.12 Å². The zero-order valence-electron chi connectivity index (χ0n) is 12.2. The van der Waals surface area contributed by atoms with Crippen molar-refractivity contribution in [2.75, 3.05) is 13.6 Å². The van der Waals surface area contributed by atoms with Crippen LogP contribution in [-0.4, -0.2) is 36.9 Å². The summed E-state index contributed by atoms with van der Waals surface area (Å²) in [6.07, 6.45) is 3.85. The number of thiazole rings is 1. The van der Waals surface area contributed by atoms with Gasteiger partial charge in [-0.15, -0.1) is 11.3 Å². The Labute approximate surface area is 119 Å². The molecular formula is C13H21BN2O2S. The molecule has 0 bridgehead atoms. The molecule has 2 heterocycles. The molecule has 1 aliphatic rings. The van der Waals surface area contributed by atoms with Crippen molar-refractivity contribution in [1.82, 2.24) is 10.3 Å². The van der Waals surface area contributed by atoms with Gasteiger partial charge in [-0.05, 0) is 46.3 Å². The lowest BCUT2D eigenvalue weighted by atomic mass is 9.78. The van der Waals surface area contributed by atoms with Crippen molar-refractivity contribution < 1.29 is 9.31 Å². The third kappa shape index (κ3) is 3.08. The molecule has 0 radical (unpaired) electrons. The van der Waals surface area contributed by atoms with Gasteiger partial charge in [-0.1, -0.05) is 0 Å². The van der Waals surface area contributed by atoms with Gasteiger partial charge in [0, 0.05) is 18.1 Å². The van der Waals surface area contributed by atoms with Gasteiger partial charge in [-0.3, -0.25) is 0 Å². The minimum Gasteiger partial charge on any atom is -0.400 e. The molecule has 0 amide bonds. The van der Waals surface area contributed by atoms with Crippen LogP contribution < -0.4 is 5.32 Å². The van der Waals surface area contributed by atoms with Gasteiger partial charge in [0.15, 0.2) is 0 Å². The summed E-state index contributed by atoms with van der Waals surface area (Å²) in [5.41, 5.74) is 0.442. The fraction of sp³-hybridized carbons (Fsp3) is 0.615. The summed E-state index contributed by atoms with van der Waals surface area (Å²) >= 11 is 1.61. The number of hydrogen-bond acceptors (Lipinski definition) is 5. The van der Waals surface area contributed by atoms with Crippen LogP contribution in [0, 0.1) is 0 Å². The van der Waals surface area contributed by atoms with E-state index in [2.05, 4.69) is 38.0 Å². The van der Waals surface area contributed by atoms with E-state index in [1.54, 1.807) is 17.5 Å². The topological polar surface area (TPSA) is 43.4 Å². The van der Waals surface area contributed by atoms with Crippen LogP contribution in [-0.2, 0) is 9.31 Å². The molecule has 0 aliphatic carbocycles. The first-order valence-electron chi connectivity index (χ1n) is 6.46. The predicted molar refractivity (Wildman–Crippen MR) is 80.1 cm³/mol. The molecule has 1 fully saturated rings. The highest BCUT2D eigenvalue weighted by molar-refractivity contribution is 7.10. The maximum atomic E-state index is 6.07. The Hall–Kier alpha value is -0.685. The highest BCUT2D eigenvalue weighted by Crippen LogP contribution is 2.38. The molecule has 0 atom stereocenters. The number of likely N-dealkylation sites (N-methyl/N-ethyl adjacent to an activating group) is 1. The van der Waals surface area contributed by atoms with Crippen LogP contribution in [0.3, 0.4) is 0 Å². The van der Waals surface area contributed by atoms with Gasteiger partial charge < -0.3 is 14.6 Å². The molecular weight excluding hydrogens is 259 g/mol. The minimum absolute atomic E-state index is 0.312. The summed E-state index contributed by atoms with van der Waals surface area (Å²) < 4.78 is 12.1. The third-order valence-corrected chi connectivity index (χ3v) is 4.42. The average molecular weight is 280 g/mol. The number of aromatic nitrogens is 1. The monoisotopic (exact) mass is 280 g/mol. The quantitative estimate of drug-likeness (QED) is 0.860. The van der Waals surface area contributed by atoms with Crippen LogP contribution >= 0.6 is 11.3 Å². The number of nitrogens with zero attached hydrogens (tertiary/aromatic N) is 1. The lowest BCUT2D eigenvalue weighted by Crippen LogP contribution is -2.41. The second-order valence-electron chi connectivity index (χ2n) is 5.71. The normalized spacial score (nSPS) is 21.9. The zero-order valence-corrected chi connectivity index (χ0v) is 13.0. The van der Waals surface area contributed by atoms with E-state index in [9.17, 15) is 0 Å². The van der Waals surface area contributed by atoms with Crippen molar-refractivity contribution in [1.29, 1.82) is 0 Å². The van der Waals surface area contributed by atoms with Crippen LogP contribution in [0.25, 0.3) is 6.08 Å². The molecule has 6 heteroatoms. The van der Waals surface area contributed by atoms with E-state index in [0.717, 1.165) is 17.0 Å². The molecule has 2 rings (SSSR count). The van der Waals surface area contributed by atoms with Gasteiger partial charge in [0.1, 0.15) is 5.01 Å². The first kappa shape index (κ1) is 14.7. The summed E-state index contributed by atoms with van der Waals surface area (Å²) in [5, 5.41) is 6.10. The second kappa shape index (κ2) is 5.36. The fourth-order valence-corrected chi connectivity index (χ4v) is 2.47.